The van der Waals surface area contributed by atoms with E-state index in [1.807, 2.05) is 13.0 Å². The van der Waals surface area contributed by atoms with E-state index in [0.717, 1.165) is 0 Å². The summed E-state index contributed by atoms with van der Waals surface area (Å²) in [4.78, 5) is 15.9. The Bertz CT molecular complexity index is 1310. The number of ketones is 1. The van der Waals surface area contributed by atoms with Gasteiger partial charge in [-0.25, -0.2) is 8.42 Å². The predicted octanol–water partition coefficient (Wildman–Crippen LogP) is 3.34. The lowest BCUT2D eigenvalue weighted by molar-refractivity contribution is 0.104. The second-order valence-electron chi connectivity index (χ2n) is 7.45. The van der Waals surface area contributed by atoms with E-state index in [0.29, 0.717) is 33.5 Å². The number of carbonyl (C=O) groups is 1. The minimum atomic E-state index is -3.08. The van der Waals surface area contributed by atoms with E-state index in [4.69, 9.17) is 11.6 Å². The van der Waals surface area contributed by atoms with E-state index in [9.17, 15) is 18.5 Å². The summed E-state index contributed by atoms with van der Waals surface area (Å²) in [7, 11) is -3.08. The number of hydrogen-bond donors (Lipinski definition) is 1. The quantitative estimate of drug-likeness (QED) is 0.389. The monoisotopic (exact) mass is 428 g/mol. The number of benzene rings is 1. The third kappa shape index (κ3) is 3.59. The molecular weight excluding hydrogens is 412 g/mol. The van der Waals surface area contributed by atoms with Crippen LogP contribution in [0, 0.1) is 11.3 Å². The molecule has 0 aliphatic carbocycles. The van der Waals surface area contributed by atoms with E-state index in [2.05, 4.69) is 10.1 Å². The average molecular weight is 429 g/mol. The lowest BCUT2D eigenvalue weighted by Crippen LogP contribution is -2.31. The third-order valence-electron chi connectivity index (χ3n) is 5.20. The molecule has 1 N–H and O–H groups in total. The molecule has 0 bridgehead atoms. The highest BCUT2D eigenvalue weighted by Crippen LogP contribution is 2.30. The second-order valence-corrected chi connectivity index (χ2v) is 10.1. The van der Waals surface area contributed by atoms with Crippen molar-refractivity contribution in [1.82, 2.24) is 14.8 Å². The summed E-state index contributed by atoms with van der Waals surface area (Å²) in [5.41, 5.74) is 0.984. The van der Waals surface area contributed by atoms with Crippen LogP contribution in [0.2, 0.25) is 5.02 Å². The van der Waals surface area contributed by atoms with E-state index in [1.54, 1.807) is 35.3 Å². The van der Waals surface area contributed by atoms with Crippen LogP contribution in [0.4, 0.5) is 0 Å². The molecule has 0 amide bonds. The highest BCUT2D eigenvalue weighted by molar-refractivity contribution is 7.91. The van der Waals surface area contributed by atoms with Crippen LogP contribution in [0.15, 0.2) is 42.4 Å². The van der Waals surface area contributed by atoms with Gasteiger partial charge in [-0.05, 0) is 31.6 Å². The van der Waals surface area contributed by atoms with E-state index in [-0.39, 0.29) is 17.1 Å². The Balaban J connectivity index is 1.65. The Labute approximate surface area is 172 Å². The highest BCUT2D eigenvalue weighted by atomic mass is 35.5. The number of aromatic amines is 1. The fourth-order valence-corrected chi connectivity index (χ4v) is 5.92. The van der Waals surface area contributed by atoms with E-state index in [1.165, 1.54) is 12.3 Å². The number of halogens is 1. The number of hydrogen-bond acceptors (Lipinski definition) is 5. The maximum absolute atomic E-state index is 12.9. The smallest absolute Gasteiger partial charge is 0.205 e. The summed E-state index contributed by atoms with van der Waals surface area (Å²) < 4.78 is 25.3. The average Bonchev–Trinajstić information content (AvgIpc) is 3.36. The number of allylic oxidation sites excluding steroid dienone is 1. The first-order valence-electron chi connectivity index (χ1n) is 8.89. The number of nitriles is 1. The van der Waals surface area contributed by atoms with Gasteiger partial charge in [-0.1, -0.05) is 17.7 Å². The summed E-state index contributed by atoms with van der Waals surface area (Å²) in [5, 5.41) is 15.0. The van der Waals surface area contributed by atoms with Gasteiger partial charge in [0.05, 0.1) is 23.2 Å². The Morgan fingerprint density at radius 1 is 1.45 bits per heavy atom. The standard InChI is InChI=1S/C20H17ClN4O3S/c1-20(4-5-29(27,28)12-20)25-11-13(9-24-25)6-14(8-22)19(26)17-10-23-18-7-15(21)2-3-16(17)18/h2-3,6-7,9-11,23H,4-5,12H2,1H3/b14-6+. The molecule has 1 aromatic carbocycles. The van der Waals surface area contributed by atoms with Crippen LogP contribution in [0.5, 0.6) is 0 Å². The number of H-pyrrole nitrogens is 1. The van der Waals surface area contributed by atoms with Crippen LogP contribution in [-0.2, 0) is 15.4 Å². The highest BCUT2D eigenvalue weighted by Gasteiger charge is 2.40. The third-order valence-corrected chi connectivity index (χ3v) is 7.33. The second kappa shape index (κ2) is 6.87. The van der Waals surface area contributed by atoms with Crippen LogP contribution >= 0.6 is 11.6 Å². The minimum Gasteiger partial charge on any atom is -0.360 e. The van der Waals surface area contributed by atoms with Crippen LogP contribution in [0.1, 0.15) is 29.3 Å². The first kappa shape index (κ1) is 19.4. The first-order valence-corrected chi connectivity index (χ1v) is 11.1. The molecule has 1 aliphatic rings. The van der Waals surface area contributed by atoms with Crippen LogP contribution in [0.25, 0.3) is 17.0 Å². The van der Waals surface area contributed by atoms with Gasteiger partial charge in [0.25, 0.3) is 0 Å². The molecule has 4 rings (SSSR count). The Morgan fingerprint density at radius 2 is 2.24 bits per heavy atom. The van der Waals surface area contributed by atoms with Gasteiger partial charge in [-0.3, -0.25) is 9.48 Å². The molecule has 3 aromatic rings. The van der Waals surface area contributed by atoms with E-state index < -0.39 is 21.2 Å². The molecule has 0 radical (unpaired) electrons. The Kier molecular flexibility index (Phi) is 4.60. The normalized spacial score (nSPS) is 21.3. The molecule has 7 nitrogen and oxygen atoms in total. The summed E-state index contributed by atoms with van der Waals surface area (Å²) in [6, 6.07) is 7.08. The van der Waals surface area contributed by atoms with Crippen molar-refractivity contribution in [3.63, 3.8) is 0 Å². The molecule has 1 aliphatic heterocycles. The molecular formula is C20H17ClN4O3S. The van der Waals surface area contributed by atoms with Gasteiger partial charge in [0.2, 0.25) is 5.78 Å². The number of nitrogens with zero attached hydrogens (tertiary/aromatic N) is 3. The molecule has 0 saturated carbocycles. The zero-order valence-corrected chi connectivity index (χ0v) is 17.1. The van der Waals surface area contributed by atoms with Crippen molar-refractivity contribution in [2.45, 2.75) is 18.9 Å². The van der Waals surface area contributed by atoms with Crippen molar-refractivity contribution in [3.05, 3.63) is 58.5 Å². The van der Waals surface area contributed by atoms with Gasteiger partial charge in [0.15, 0.2) is 9.84 Å². The van der Waals surface area contributed by atoms with Gasteiger partial charge in [0, 0.05) is 39.4 Å². The lowest BCUT2D eigenvalue weighted by atomic mass is 10.0. The maximum atomic E-state index is 12.9. The zero-order chi connectivity index (χ0) is 20.8. The number of aromatic nitrogens is 3. The van der Waals surface area contributed by atoms with E-state index >= 15 is 0 Å². The summed E-state index contributed by atoms with van der Waals surface area (Å²) in [6.45, 7) is 1.84. The number of sulfone groups is 1. The van der Waals surface area contributed by atoms with Crippen molar-refractivity contribution in [2.75, 3.05) is 11.5 Å². The molecule has 1 fully saturated rings. The first-order chi connectivity index (χ1) is 13.7. The molecule has 1 unspecified atom stereocenters. The van der Waals surface area contributed by atoms with Crippen molar-refractivity contribution in [2.24, 2.45) is 0 Å². The fourth-order valence-electron chi connectivity index (χ4n) is 3.63. The van der Waals surface area contributed by atoms with Gasteiger partial charge in [0.1, 0.15) is 11.6 Å². The number of carbonyl (C=O) groups excluding carboxylic acids is 1. The number of Topliss-reactive ketones (excluding diaryl/α,β-unsaturated/α-hetero) is 1. The number of fused-ring (bicyclic) bond motifs is 1. The topological polar surface area (TPSA) is 109 Å². The Morgan fingerprint density at radius 3 is 2.93 bits per heavy atom. The molecule has 1 atom stereocenters. The fraction of sp³-hybridized carbons (Fsp3) is 0.250. The SMILES string of the molecule is CC1(n2cc(/C=C(\C#N)C(=O)c3c[nH]c4cc(Cl)ccc34)cn2)CCS(=O)(=O)C1. The van der Waals surface area contributed by atoms with Crippen LogP contribution < -0.4 is 0 Å². The maximum Gasteiger partial charge on any atom is 0.205 e. The number of nitrogens with one attached hydrogen (secondary N) is 1. The largest absolute Gasteiger partial charge is 0.360 e. The lowest BCUT2D eigenvalue weighted by Gasteiger charge is -2.22. The molecule has 2 aromatic heterocycles. The van der Waals surface area contributed by atoms with Gasteiger partial charge >= 0.3 is 0 Å². The summed E-state index contributed by atoms with van der Waals surface area (Å²) >= 11 is 5.97. The molecule has 148 valence electrons. The molecule has 1 saturated heterocycles. The molecule has 9 heteroatoms. The van der Waals surface area contributed by atoms with Crippen LogP contribution in [0.3, 0.4) is 0 Å². The van der Waals surface area contributed by atoms with Gasteiger partial charge in [-0.15, -0.1) is 0 Å². The molecule has 3 heterocycles. The minimum absolute atomic E-state index is 0.0206. The van der Waals surface area contributed by atoms with Gasteiger partial charge < -0.3 is 4.98 Å². The summed E-state index contributed by atoms with van der Waals surface area (Å²) in [5.74, 6) is -0.267. The van der Waals surface area contributed by atoms with Crippen molar-refractivity contribution in [3.8, 4) is 6.07 Å². The van der Waals surface area contributed by atoms with Crippen molar-refractivity contribution < 1.29 is 13.2 Å². The molecule has 29 heavy (non-hydrogen) atoms. The predicted molar refractivity (Wildman–Crippen MR) is 110 cm³/mol. The van der Waals surface area contributed by atoms with Crippen LogP contribution in [-0.4, -0.2) is 40.5 Å². The van der Waals surface area contributed by atoms with Crippen molar-refractivity contribution in [1.29, 1.82) is 5.26 Å². The summed E-state index contributed by atoms with van der Waals surface area (Å²) in [6.07, 6.45) is 6.69. The number of rotatable bonds is 4. The van der Waals surface area contributed by atoms with Crippen molar-refractivity contribution >= 4 is 44.2 Å². The molecule has 0 spiro atoms. The van der Waals surface area contributed by atoms with Gasteiger partial charge in [-0.2, -0.15) is 10.4 Å². The zero-order valence-electron chi connectivity index (χ0n) is 15.5. The Hall–Kier alpha value is -2.89.